The minimum atomic E-state index is 0.0573. The SMILES string of the molecule is Cc1ccc(CNC(=O)CCNc2ccccc2N2CCOCC2)cc1. The van der Waals surface area contributed by atoms with Crippen LogP contribution in [-0.4, -0.2) is 38.8 Å². The summed E-state index contributed by atoms with van der Waals surface area (Å²) in [5.74, 6) is 0.0573. The Kier molecular flexibility index (Phi) is 6.50. The van der Waals surface area contributed by atoms with Gasteiger partial charge in [-0.3, -0.25) is 4.79 Å². The molecule has 1 aliphatic rings. The second-order valence-electron chi connectivity index (χ2n) is 6.56. The molecule has 0 bridgehead atoms. The first-order chi connectivity index (χ1) is 12.7. The van der Waals surface area contributed by atoms with Gasteiger partial charge in [0.2, 0.25) is 5.91 Å². The van der Waals surface area contributed by atoms with Crippen molar-refractivity contribution in [2.45, 2.75) is 19.9 Å². The van der Waals surface area contributed by atoms with Gasteiger partial charge in [0.15, 0.2) is 0 Å². The zero-order valence-electron chi connectivity index (χ0n) is 15.3. The van der Waals surface area contributed by atoms with E-state index in [-0.39, 0.29) is 5.91 Å². The third kappa shape index (κ3) is 5.23. The Hall–Kier alpha value is -2.53. The molecule has 2 aromatic carbocycles. The largest absolute Gasteiger partial charge is 0.383 e. The van der Waals surface area contributed by atoms with Crippen LogP contribution in [0.25, 0.3) is 0 Å². The van der Waals surface area contributed by atoms with Crippen molar-refractivity contribution in [3.05, 3.63) is 59.7 Å². The highest BCUT2D eigenvalue weighted by molar-refractivity contribution is 5.77. The quantitative estimate of drug-likeness (QED) is 0.804. The lowest BCUT2D eigenvalue weighted by Gasteiger charge is -2.30. The highest BCUT2D eigenvalue weighted by Gasteiger charge is 2.14. The maximum Gasteiger partial charge on any atom is 0.222 e. The van der Waals surface area contributed by atoms with Gasteiger partial charge in [-0.15, -0.1) is 0 Å². The van der Waals surface area contributed by atoms with E-state index >= 15 is 0 Å². The van der Waals surface area contributed by atoms with Crippen LogP contribution in [0.4, 0.5) is 11.4 Å². The van der Waals surface area contributed by atoms with Gasteiger partial charge < -0.3 is 20.3 Å². The molecule has 0 saturated carbocycles. The Bertz CT molecular complexity index is 709. The number of amides is 1. The first-order valence-corrected chi connectivity index (χ1v) is 9.20. The van der Waals surface area contributed by atoms with Crippen LogP contribution < -0.4 is 15.5 Å². The Morgan fingerprint density at radius 2 is 1.81 bits per heavy atom. The summed E-state index contributed by atoms with van der Waals surface area (Å²) in [6.45, 7) is 6.56. The van der Waals surface area contributed by atoms with Gasteiger partial charge >= 0.3 is 0 Å². The number of aryl methyl sites for hydroxylation is 1. The van der Waals surface area contributed by atoms with E-state index in [1.807, 2.05) is 24.3 Å². The summed E-state index contributed by atoms with van der Waals surface area (Å²) < 4.78 is 5.43. The van der Waals surface area contributed by atoms with Gasteiger partial charge in [0.05, 0.1) is 24.6 Å². The molecule has 0 aromatic heterocycles. The molecular weight excluding hydrogens is 326 g/mol. The third-order valence-electron chi connectivity index (χ3n) is 4.53. The van der Waals surface area contributed by atoms with Crippen LogP contribution in [0.3, 0.4) is 0 Å². The molecule has 138 valence electrons. The third-order valence-corrected chi connectivity index (χ3v) is 4.53. The van der Waals surface area contributed by atoms with Gasteiger partial charge in [-0.05, 0) is 24.6 Å². The van der Waals surface area contributed by atoms with Gasteiger partial charge in [0, 0.05) is 32.6 Å². The smallest absolute Gasteiger partial charge is 0.222 e. The average molecular weight is 353 g/mol. The number of nitrogens with zero attached hydrogens (tertiary/aromatic N) is 1. The molecule has 0 spiro atoms. The number of nitrogens with one attached hydrogen (secondary N) is 2. The molecule has 1 saturated heterocycles. The van der Waals surface area contributed by atoms with E-state index in [4.69, 9.17) is 4.74 Å². The number of hydrogen-bond acceptors (Lipinski definition) is 4. The van der Waals surface area contributed by atoms with Crippen LogP contribution in [0.15, 0.2) is 48.5 Å². The van der Waals surface area contributed by atoms with Crippen molar-refractivity contribution in [2.75, 3.05) is 43.1 Å². The number of ether oxygens (including phenoxy) is 1. The van der Waals surface area contributed by atoms with Gasteiger partial charge in [-0.1, -0.05) is 42.0 Å². The summed E-state index contributed by atoms with van der Waals surface area (Å²) in [6.07, 6.45) is 0.448. The number of carbonyl (C=O) groups excluding carboxylic acids is 1. The van der Waals surface area contributed by atoms with E-state index in [1.165, 1.54) is 11.3 Å². The predicted octanol–water partition coefficient (Wildman–Crippen LogP) is 2.95. The van der Waals surface area contributed by atoms with Crippen LogP contribution >= 0.6 is 0 Å². The minimum Gasteiger partial charge on any atom is -0.383 e. The van der Waals surface area contributed by atoms with E-state index in [2.05, 4.69) is 46.7 Å². The molecule has 2 aromatic rings. The summed E-state index contributed by atoms with van der Waals surface area (Å²) in [4.78, 5) is 14.4. The van der Waals surface area contributed by atoms with Crippen LogP contribution in [0.5, 0.6) is 0 Å². The van der Waals surface area contributed by atoms with Crippen molar-refractivity contribution in [2.24, 2.45) is 0 Å². The summed E-state index contributed by atoms with van der Waals surface area (Å²) in [5.41, 5.74) is 4.59. The van der Waals surface area contributed by atoms with Crippen LogP contribution in [0, 0.1) is 6.92 Å². The number of carbonyl (C=O) groups is 1. The number of rotatable bonds is 7. The maximum atomic E-state index is 12.1. The van der Waals surface area contributed by atoms with Gasteiger partial charge in [-0.25, -0.2) is 0 Å². The molecule has 2 N–H and O–H groups in total. The molecule has 0 radical (unpaired) electrons. The highest BCUT2D eigenvalue weighted by atomic mass is 16.5. The maximum absolute atomic E-state index is 12.1. The van der Waals surface area contributed by atoms with Crippen molar-refractivity contribution in [1.29, 1.82) is 0 Å². The number of para-hydroxylation sites is 2. The summed E-state index contributed by atoms with van der Waals surface area (Å²) in [7, 11) is 0. The van der Waals surface area contributed by atoms with Gasteiger partial charge in [0.1, 0.15) is 0 Å². The van der Waals surface area contributed by atoms with Gasteiger partial charge in [0.25, 0.3) is 0 Å². The second-order valence-corrected chi connectivity index (χ2v) is 6.56. The Labute approximate surface area is 155 Å². The lowest BCUT2D eigenvalue weighted by Crippen LogP contribution is -2.36. The number of anilines is 2. The predicted molar refractivity (Wildman–Crippen MR) is 106 cm³/mol. The number of hydrogen-bond donors (Lipinski definition) is 2. The van der Waals surface area contributed by atoms with E-state index in [0.29, 0.717) is 19.5 Å². The number of morpholine rings is 1. The zero-order chi connectivity index (χ0) is 18.2. The van der Waals surface area contributed by atoms with Crippen LogP contribution in [-0.2, 0) is 16.1 Å². The van der Waals surface area contributed by atoms with Crippen molar-refractivity contribution in [3.63, 3.8) is 0 Å². The molecule has 0 atom stereocenters. The van der Waals surface area contributed by atoms with E-state index in [9.17, 15) is 4.79 Å². The lowest BCUT2D eigenvalue weighted by atomic mass is 10.1. The molecule has 5 heteroatoms. The molecule has 1 amide bonds. The molecule has 0 aliphatic carbocycles. The van der Waals surface area contributed by atoms with Crippen molar-refractivity contribution in [1.82, 2.24) is 5.32 Å². The molecule has 26 heavy (non-hydrogen) atoms. The van der Waals surface area contributed by atoms with Crippen LogP contribution in [0.2, 0.25) is 0 Å². The van der Waals surface area contributed by atoms with Crippen LogP contribution in [0.1, 0.15) is 17.5 Å². The van der Waals surface area contributed by atoms with E-state index in [0.717, 1.165) is 37.6 Å². The number of benzene rings is 2. The Balaban J connectivity index is 1.45. The normalized spacial score (nSPS) is 14.1. The fourth-order valence-corrected chi connectivity index (χ4v) is 3.01. The van der Waals surface area contributed by atoms with Crippen molar-refractivity contribution in [3.8, 4) is 0 Å². The Morgan fingerprint density at radius 3 is 2.58 bits per heavy atom. The van der Waals surface area contributed by atoms with Crippen molar-refractivity contribution < 1.29 is 9.53 Å². The van der Waals surface area contributed by atoms with E-state index in [1.54, 1.807) is 0 Å². The molecule has 0 unspecified atom stereocenters. The topological polar surface area (TPSA) is 53.6 Å². The fourth-order valence-electron chi connectivity index (χ4n) is 3.01. The second kappa shape index (κ2) is 9.25. The molecular formula is C21H27N3O2. The Morgan fingerprint density at radius 1 is 1.08 bits per heavy atom. The molecule has 1 fully saturated rings. The zero-order valence-corrected chi connectivity index (χ0v) is 15.3. The highest BCUT2D eigenvalue weighted by Crippen LogP contribution is 2.26. The van der Waals surface area contributed by atoms with E-state index < -0.39 is 0 Å². The lowest BCUT2D eigenvalue weighted by molar-refractivity contribution is -0.121. The average Bonchev–Trinajstić information content (AvgIpc) is 2.69. The molecule has 1 aliphatic heterocycles. The monoisotopic (exact) mass is 353 g/mol. The fraction of sp³-hybridized carbons (Fsp3) is 0.381. The first kappa shape index (κ1) is 18.3. The van der Waals surface area contributed by atoms with Crippen molar-refractivity contribution >= 4 is 17.3 Å². The summed E-state index contributed by atoms with van der Waals surface area (Å²) in [5, 5.41) is 6.38. The minimum absolute atomic E-state index is 0.0573. The molecule has 1 heterocycles. The molecule has 5 nitrogen and oxygen atoms in total. The molecule has 3 rings (SSSR count). The summed E-state index contributed by atoms with van der Waals surface area (Å²) in [6, 6.07) is 16.5. The first-order valence-electron chi connectivity index (χ1n) is 9.20. The summed E-state index contributed by atoms with van der Waals surface area (Å²) >= 11 is 0. The van der Waals surface area contributed by atoms with Gasteiger partial charge in [-0.2, -0.15) is 0 Å². The standard InChI is InChI=1S/C21H27N3O2/c1-17-6-8-18(9-7-17)16-23-21(25)10-11-22-19-4-2-3-5-20(19)24-12-14-26-15-13-24/h2-9,22H,10-16H2,1H3,(H,23,25).